The van der Waals surface area contributed by atoms with Crippen LogP contribution in [0.25, 0.3) is 0 Å². The summed E-state index contributed by atoms with van der Waals surface area (Å²) in [6, 6.07) is 1.51. The maximum Gasteiger partial charge on any atom is 0.134 e. The highest BCUT2D eigenvalue weighted by atomic mass is 19.1. The van der Waals surface area contributed by atoms with Gasteiger partial charge in [0.05, 0.1) is 0 Å². The first kappa shape index (κ1) is 9.59. The summed E-state index contributed by atoms with van der Waals surface area (Å²) in [6.07, 6.45) is 1.34. The molecule has 0 aromatic heterocycles. The van der Waals surface area contributed by atoms with Crippen LogP contribution in [0, 0.1) is 25.5 Å². The Morgan fingerprint density at radius 2 is 1.57 bits per heavy atom. The van der Waals surface area contributed by atoms with Gasteiger partial charge in [0.1, 0.15) is 11.6 Å². The molecule has 0 amide bonds. The van der Waals surface area contributed by atoms with E-state index in [9.17, 15) is 8.78 Å². The zero-order valence-electron chi connectivity index (χ0n) is 8.32. The molecule has 14 heavy (non-hydrogen) atoms. The van der Waals surface area contributed by atoms with Gasteiger partial charge in [0, 0.05) is 11.1 Å². The summed E-state index contributed by atoms with van der Waals surface area (Å²) in [7, 11) is 0. The zero-order chi connectivity index (χ0) is 10.5. The molecular weight excluding hydrogens is 184 g/mol. The summed E-state index contributed by atoms with van der Waals surface area (Å²) < 4.78 is 27.3. The highest BCUT2D eigenvalue weighted by Gasteiger charge is 2.44. The second kappa shape index (κ2) is 2.76. The minimum Gasteiger partial charge on any atom is -0.321 e. The Kier molecular flexibility index (Phi) is 1.89. The Morgan fingerprint density at radius 3 is 1.93 bits per heavy atom. The van der Waals surface area contributed by atoms with Crippen molar-refractivity contribution < 1.29 is 8.78 Å². The van der Waals surface area contributed by atoms with Crippen LogP contribution in [0.4, 0.5) is 8.78 Å². The lowest BCUT2D eigenvalue weighted by Gasteiger charge is -2.15. The van der Waals surface area contributed by atoms with Gasteiger partial charge in [-0.05, 0) is 37.8 Å². The Hall–Kier alpha value is -0.960. The van der Waals surface area contributed by atoms with Crippen molar-refractivity contribution in [2.24, 2.45) is 5.73 Å². The molecule has 76 valence electrons. The number of benzene rings is 1. The van der Waals surface area contributed by atoms with Crippen LogP contribution >= 0.6 is 0 Å². The monoisotopic (exact) mass is 197 g/mol. The number of nitrogens with two attached hydrogens (primary N) is 1. The normalized spacial score (nSPS) is 18.4. The Bertz CT molecular complexity index is 369. The fourth-order valence-corrected chi connectivity index (χ4v) is 1.76. The van der Waals surface area contributed by atoms with Crippen molar-refractivity contribution in [3.8, 4) is 0 Å². The van der Waals surface area contributed by atoms with Gasteiger partial charge < -0.3 is 5.73 Å². The second-order valence-electron chi connectivity index (χ2n) is 4.17. The van der Waals surface area contributed by atoms with E-state index in [1.165, 1.54) is 6.07 Å². The minimum atomic E-state index is -0.745. The number of hydrogen-bond acceptors (Lipinski definition) is 1. The van der Waals surface area contributed by atoms with E-state index in [-0.39, 0.29) is 5.56 Å². The van der Waals surface area contributed by atoms with Crippen LogP contribution in [0.15, 0.2) is 6.07 Å². The van der Waals surface area contributed by atoms with E-state index >= 15 is 0 Å². The van der Waals surface area contributed by atoms with E-state index in [1.807, 2.05) is 0 Å². The largest absolute Gasteiger partial charge is 0.321 e. The number of halogens is 2. The minimum absolute atomic E-state index is 0.0787. The molecule has 0 radical (unpaired) electrons. The van der Waals surface area contributed by atoms with E-state index in [1.54, 1.807) is 13.8 Å². The highest BCUT2D eigenvalue weighted by Crippen LogP contribution is 2.45. The molecule has 2 rings (SSSR count). The van der Waals surface area contributed by atoms with Gasteiger partial charge in [-0.2, -0.15) is 0 Å². The molecule has 1 saturated carbocycles. The summed E-state index contributed by atoms with van der Waals surface area (Å²) in [5.41, 5.74) is 6.10. The fourth-order valence-electron chi connectivity index (χ4n) is 1.76. The lowest BCUT2D eigenvalue weighted by Crippen LogP contribution is -2.23. The summed E-state index contributed by atoms with van der Waals surface area (Å²) in [6.45, 7) is 3.27. The van der Waals surface area contributed by atoms with Gasteiger partial charge >= 0.3 is 0 Å². The predicted molar refractivity (Wildman–Crippen MR) is 50.9 cm³/mol. The predicted octanol–water partition coefficient (Wildman–Crippen LogP) is 2.53. The van der Waals surface area contributed by atoms with Crippen LogP contribution in [-0.2, 0) is 5.54 Å². The van der Waals surface area contributed by atoms with E-state index in [0.29, 0.717) is 24.0 Å². The van der Waals surface area contributed by atoms with Crippen molar-refractivity contribution in [1.29, 1.82) is 0 Å². The summed E-state index contributed by atoms with van der Waals surface area (Å²) in [4.78, 5) is 0. The van der Waals surface area contributed by atoms with Crippen molar-refractivity contribution in [2.45, 2.75) is 32.2 Å². The molecule has 0 heterocycles. The van der Waals surface area contributed by atoms with Gasteiger partial charge in [-0.15, -0.1) is 0 Å². The third-order valence-corrected chi connectivity index (χ3v) is 2.85. The van der Waals surface area contributed by atoms with Crippen LogP contribution in [0.2, 0.25) is 0 Å². The molecule has 3 heteroatoms. The topological polar surface area (TPSA) is 26.0 Å². The Balaban J connectivity index is 2.68. The van der Waals surface area contributed by atoms with Crippen LogP contribution in [0.1, 0.15) is 29.5 Å². The van der Waals surface area contributed by atoms with Crippen LogP contribution in [0.3, 0.4) is 0 Å². The quantitative estimate of drug-likeness (QED) is 0.735. The Labute approximate surface area is 81.9 Å². The summed E-state index contributed by atoms with van der Waals surface area (Å²) in [5.74, 6) is -0.957. The lowest BCUT2D eigenvalue weighted by atomic mass is 9.98. The van der Waals surface area contributed by atoms with Gasteiger partial charge in [0.25, 0.3) is 0 Å². The van der Waals surface area contributed by atoms with Crippen molar-refractivity contribution >= 4 is 0 Å². The van der Waals surface area contributed by atoms with E-state index < -0.39 is 17.2 Å². The maximum absolute atomic E-state index is 13.7. The SMILES string of the molecule is Cc1cc(C)c(F)c(C2(N)CC2)c1F. The molecule has 1 aliphatic carbocycles. The van der Waals surface area contributed by atoms with Crippen LogP contribution in [0.5, 0.6) is 0 Å². The lowest BCUT2D eigenvalue weighted by molar-refractivity contribution is 0.511. The maximum atomic E-state index is 13.7. The number of rotatable bonds is 1. The molecule has 2 N–H and O–H groups in total. The number of aryl methyl sites for hydroxylation is 2. The molecule has 1 aromatic rings. The molecule has 0 saturated heterocycles. The Morgan fingerprint density at radius 1 is 1.14 bits per heavy atom. The smallest absolute Gasteiger partial charge is 0.134 e. The fraction of sp³-hybridized carbons (Fsp3) is 0.455. The van der Waals surface area contributed by atoms with Crippen molar-refractivity contribution in [2.75, 3.05) is 0 Å². The average Bonchev–Trinajstić information content (AvgIpc) is 2.81. The van der Waals surface area contributed by atoms with Gasteiger partial charge in [-0.25, -0.2) is 8.78 Å². The van der Waals surface area contributed by atoms with E-state index in [2.05, 4.69) is 0 Å². The van der Waals surface area contributed by atoms with Crippen molar-refractivity contribution in [3.63, 3.8) is 0 Å². The highest BCUT2D eigenvalue weighted by molar-refractivity contribution is 5.39. The molecule has 1 fully saturated rings. The number of hydrogen-bond donors (Lipinski definition) is 1. The molecule has 1 aromatic carbocycles. The zero-order valence-corrected chi connectivity index (χ0v) is 8.32. The molecule has 0 bridgehead atoms. The van der Waals surface area contributed by atoms with Gasteiger partial charge in [-0.3, -0.25) is 0 Å². The van der Waals surface area contributed by atoms with Gasteiger partial charge in [0.15, 0.2) is 0 Å². The molecule has 1 aliphatic rings. The third kappa shape index (κ3) is 1.23. The van der Waals surface area contributed by atoms with Crippen molar-refractivity contribution in [3.05, 3.63) is 34.4 Å². The molecule has 0 spiro atoms. The van der Waals surface area contributed by atoms with E-state index in [4.69, 9.17) is 5.73 Å². The molecule has 0 atom stereocenters. The molecule has 0 aliphatic heterocycles. The first-order valence-electron chi connectivity index (χ1n) is 4.70. The average molecular weight is 197 g/mol. The van der Waals surface area contributed by atoms with Crippen LogP contribution in [-0.4, -0.2) is 0 Å². The second-order valence-corrected chi connectivity index (χ2v) is 4.17. The molecule has 1 nitrogen and oxygen atoms in total. The van der Waals surface area contributed by atoms with Gasteiger partial charge in [-0.1, -0.05) is 6.07 Å². The summed E-state index contributed by atoms with van der Waals surface area (Å²) in [5, 5.41) is 0. The first-order valence-corrected chi connectivity index (χ1v) is 4.70. The third-order valence-electron chi connectivity index (χ3n) is 2.85. The molecule has 0 unspecified atom stereocenters. The van der Waals surface area contributed by atoms with Gasteiger partial charge in [0.2, 0.25) is 0 Å². The van der Waals surface area contributed by atoms with E-state index in [0.717, 1.165) is 0 Å². The standard InChI is InChI=1S/C11H13F2N/c1-6-5-7(2)10(13)8(9(6)12)11(14)3-4-11/h5H,3-4,14H2,1-2H3. The molecular formula is C11H13F2N. The van der Waals surface area contributed by atoms with Crippen molar-refractivity contribution in [1.82, 2.24) is 0 Å². The summed E-state index contributed by atoms with van der Waals surface area (Å²) >= 11 is 0. The van der Waals surface area contributed by atoms with Crippen LogP contribution < -0.4 is 5.73 Å². The first-order chi connectivity index (χ1) is 6.46.